The van der Waals surface area contributed by atoms with Gasteiger partial charge in [0, 0.05) is 51.2 Å². The number of likely N-dealkylation sites (tertiary alicyclic amines) is 1. The molecule has 2 aliphatic rings. The van der Waals surface area contributed by atoms with Crippen molar-refractivity contribution in [1.82, 2.24) is 19.7 Å². The second-order valence-electron chi connectivity index (χ2n) is 7.16. The zero-order chi connectivity index (χ0) is 17.8. The van der Waals surface area contributed by atoms with Crippen LogP contribution in [0.5, 0.6) is 0 Å². The quantitative estimate of drug-likeness (QED) is 0.811. The molecular formula is C20H26N4OS. The standard InChI is InChI=1S/C20H26N4OS/c25-20(24-8-4-5-9-24)18-16-26-19(21-18)15-23-12-10-22(11-13-23)14-17-6-2-1-3-7-17/h1-3,6-7,16H,4-5,8-15H2. The zero-order valence-electron chi connectivity index (χ0n) is 15.1. The molecule has 1 aromatic heterocycles. The fraction of sp³-hybridized carbons (Fsp3) is 0.500. The van der Waals surface area contributed by atoms with Crippen molar-refractivity contribution < 1.29 is 4.79 Å². The first-order valence-corrected chi connectivity index (χ1v) is 10.4. The number of benzene rings is 1. The van der Waals surface area contributed by atoms with E-state index in [0.717, 1.165) is 70.2 Å². The lowest BCUT2D eigenvalue weighted by molar-refractivity contribution is 0.0787. The number of carbonyl (C=O) groups is 1. The van der Waals surface area contributed by atoms with Gasteiger partial charge in [0.1, 0.15) is 10.7 Å². The predicted octanol–water partition coefficient (Wildman–Crippen LogP) is 2.70. The Kier molecular flexibility index (Phi) is 5.62. The summed E-state index contributed by atoms with van der Waals surface area (Å²) in [6.45, 7) is 7.94. The number of hydrogen-bond acceptors (Lipinski definition) is 5. The summed E-state index contributed by atoms with van der Waals surface area (Å²) in [4.78, 5) is 23.9. The predicted molar refractivity (Wildman–Crippen MR) is 104 cm³/mol. The van der Waals surface area contributed by atoms with Crippen LogP contribution in [0, 0.1) is 0 Å². The molecule has 0 unspecified atom stereocenters. The van der Waals surface area contributed by atoms with E-state index in [2.05, 4.69) is 45.1 Å². The first-order valence-electron chi connectivity index (χ1n) is 9.50. The molecule has 0 aliphatic carbocycles. The minimum Gasteiger partial charge on any atom is -0.337 e. The highest BCUT2D eigenvalue weighted by Gasteiger charge is 2.23. The van der Waals surface area contributed by atoms with E-state index < -0.39 is 0 Å². The summed E-state index contributed by atoms with van der Waals surface area (Å²) < 4.78 is 0. The molecule has 2 aromatic rings. The summed E-state index contributed by atoms with van der Waals surface area (Å²) in [6, 6.07) is 10.7. The average molecular weight is 371 g/mol. The van der Waals surface area contributed by atoms with E-state index in [-0.39, 0.29) is 5.91 Å². The van der Waals surface area contributed by atoms with Crippen LogP contribution >= 0.6 is 11.3 Å². The lowest BCUT2D eigenvalue weighted by Gasteiger charge is -2.34. The van der Waals surface area contributed by atoms with Gasteiger partial charge < -0.3 is 4.90 Å². The second-order valence-corrected chi connectivity index (χ2v) is 8.11. The molecule has 1 amide bonds. The number of carbonyl (C=O) groups excluding carboxylic acids is 1. The van der Waals surface area contributed by atoms with Crippen LogP contribution in [0.1, 0.15) is 33.9 Å². The van der Waals surface area contributed by atoms with Crippen molar-refractivity contribution in [3.8, 4) is 0 Å². The highest BCUT2D eigenvalue weighted by atomic mass is 32.1. The Balaban J connectivity index is 1.26. The maximum absolute atomic E-state index is 12.4. The molecular weight excluding hydrogens is 344 g/mol. The van der Waals surface area contributed by atoms with Gasteiger partial charge in [-0.1, -0.05) is 30.3 Å². The van der Waals surface area contributed by atoms with Gasteiger partial charge in [0.2, 0.25) is 0 Å². The topological polar surface area (TPSA) is 39.7 Å². The Morgan fingerprint density at radius 3 is 2.27 bits per heavy atom. The second kappa shape index (κ2) is 8.29. The van der Waals surface area contributed by atoms with Crippen molar-refractivity contribution in [2.75, 3.05) is 39.3 Å². The van der Waals surface area contributed by atoms with Gasteiger partial charge in [-0.25, -0.2) is 4.98 Å². The Hall–Kier alpha value is -1.76. The fourth-order valence-electron chi connectivity index (χ4n) is 3.70. The molecule has 0 bridgehead atoms. The highest BCUT2D eigenvalue weighted by molar-refractivity contribution is 7.09. The molecule has 138 valence electrons. The first kappa shape index (κ1) is 17.6. The van der Waals surface area contributed by atoms with Crippen molar-refractivity contribution in [2.45, 2.75) is 25.9 Å². The van der Waals surface area contributed by atoms with E-state index in [1.807, 2.05) is 10.3 Å². The Morgan fingerprint density at radius 2 is 1.58 bits per heavy atom. The van der Waals surface area contributed by atoms with Gasteiger partial charge >= 0.3 is 0 Å². The van der Waals surface area contributed by atoms with Crippen molar-refractivity contribution in [1.29, 1.82) is 0 Å². The van der Waals surface area contributed by atoms with E-state index in [1.165, 1.54) is 5.56 Å². The highest BCUT2D eigenvalue weighted by Crippen LogP contribution is 2.18. The number of piperazine rings is 1. The van der Waals surface area contributed by atoms with Crippen molar-refractivity contribution in [3.63, 3.8) is 0 Å². The minimum absolute atomic E-state index is 0.109. The van der Waals surface area contributed by atoms with Gasteiger partial charge in [-0.3, -0.25) is 14.6 Å². The molecule has 0 saturated carbocycles. The molecule has 4 rings (SSSR count). The average Bonchev–Trinajstić information content (AvgIpc) is 3.36. The van der Waals surface area contributed by atoms with Crippen LogP contribution in [0.4, 0.5) is 0 Å². The molecule has 0 N–H and O–H groups in total. The lowest BCUT2D eigenvalue weighted by Crippen LogP contribution is -2.45. The molecule has 0 atom stereocenters. The van der Waals surface area contributed by atoms with Crippen LogP contribution < -0.4 is 0 Å². The van der Waals surface area contributed by atoms with E-state index in [1.54, 1.807) is 11.3 Å². The normalized spacial score (nSPS) is 19.2. The van der Waals surface area contributed by atoms with Gasteiger partial charge in [0.25, 0.3) is 5.91 Å². The number of rotatable bonds is 5. The molecule has 0 radical (unpaired) electrons. The van der Waals surface area contributed by atoms with Gasteiger partial charge in [-0.15, -0.1) is 11.3 Å². The van der Waals surface area contributed by atoms with E-state index in [0.29, 0.717) is 5.69 Å². The molecule has 2 aliphatic heterocycles. The number of nitrogens with zero attached hydrogens (tertiary/aromatic N) is 4. The maximum atomic E-state index is 12.4. The molecule has 0 spiro atoms. The molecule has 26 heavy (non-hydrogen) atoms. The van der Waals surface area contributed by atoms with E-state index >= 15 is 0 Å². The summed E-state index contributed by atoms with van der Waals surface area (Å²) in [7, 11) is 0. The van der Waals surface area contributed by atoms with Crippen LogP contribution in [-0.4, -0.2) is 64.9 Å². The van der Waals surface area contributed by atoms with Gasteiger partial charge in [-0.2, -0.15) is 0 Å². The first-order chi connectivity index (χ1) is 12.8. The largest absolute Gasteiger partial charge is 0.337 e. The van der Waals surface area contributed by atoms with Crippen LogP contribution in [-0.2, 0) is 13.1 Å². The number of thiazole rings is 1. The molecule has 2 fully saturated rings. The van der Waals surface area contributed by atoms with Crippen LogP contribution in [0.25, 0.3) is 0 Å². The van der Waals surface area contributed by atoms with Crippen LogP contribution in [0.15, 0.2) is 35.7 Å². The number of amides is 1. The Morgan fingerprint density at radius 1 is 0.923 bits per heavy atom. The molecule has 2 saturated heterocycles. The van der Waals surface area contributed by atoms with Gasteiger partial charge in [-0.05, 0) is 18.4 Å². The smallest absolute Gasteiger partial charge is 0.273 e. The van der Waals surface area contributed by atoms with Gasteiger partial charge in [0.15, 0.2) is 0 Å². The van der Waals surface area contributed by atoms with Gasteiger partial charge in [0.05, 0.1) is 6.54 Å². The summed E-state index contributed by atoms with van der Waals surface area (Å²) in [5.41, 5.74) is 2.01. The Bertz CT molecular complexity index is 718. The van der Waals surface area contributed by atoms with Crippen molar-refractivity contribution in [2.24, 2.45) is 0 Å². The fourth-order valence-corrected chi connectivity index (χ4v) is 4.51. The lowest BCUT2D eigenvalue weighted by atomic mass is 10.2. The Labute approximate surface area is 159 Å². The minimum atomic E-state index is 0.109. The number of hydrogen-bond donors (Lipinski definition) is 0. The van der Waals surface area contributed by atoms with Crippen LogP contribution in [0.2, 0.25) is 0 Å². The van der Waals surface area contributed by atoms with Crippen LogP contribution in [0.3, 0.4) is 0 Å². The van der Waals surface area contributed by atoms with Crippen molar-refractivity contribution in [3.05, 3.63) is 52.0 Å². The molecule has 6 heteroatoms. The summed E-state index contributed by atoms with van der Waals surface area (Å²) >= 11 is 1.62. The van der Waals surface area contributed by atoms with E-state index in [9.17, 15) is 4.79 Å². The third kappa shape index (κ3) is 4.31. The summed E-state index contributed by atoms with van der Waals surface area (Å²) in [6.07, 6.45) is 2.24. The third-order valence-electron chi connectivity index (χ3n) is 5.24. The SMILES string of the molecule is O=C(c1csc(CN2CCN(Cc3ccccc3)CC2)n1)N1CCCC1. The van der Waals surface area contributed by atoms with Crippen molar-refractivity contribution >= 4 is 17.2 Å². The molecule has 5 nitrogen and oxygen atoms in total. The summed E-state index contributed by atoms with van der Waals surface area (Å²) in [5, 5.41) is 2.99. The maximum Gasteiger partial charge on any atom is 0.273 e. The number of aromatic nitrogens is 1. The zero-order valence-corrected chi connectivity index (χ0v) is 16.0. The molecule has 1 aromatic carbocycles. The molecule has 3 heterocycles. The van der Waals surface area contributed by atoms with E-state index in [4.69, 9.17) is 0 Å². The summed E-state index contributed by atoms with van der Waals surface area (Å²) in [5.74, 6) is 0.109. The monoisotopic (exact) mass is 370 g/mol. The third-order valence-corrected chi connectivity index (χ3v) is 6.07.